The Hall–Kier alpha value is -1.92. The van der Waals surface area contributed by atoms with Crippen molar-refractivity contribution in [2.24, 2.45) is 5.92 Å². The topological polar surface area (TPSA) is 70.1 Å². The monoisotopic (exact) mass is 320 g/mol. The quantitative estimate of drug-likeness (QED) is 0.922. The molecule has 2 amide bonds. The molecule has 1 heterocycles. The summed E-state index contributed by atoms with van der Waals surface area (Å²) in [5, 5.41) is 12.5. The second kappa shape index (κ2) is 7.10. The number of benzene rings is 1. The van der Waals surface area contributed by atoms with Crippen LogP contribution in [0.25, 0.3) is 0 Å². The molecule has 0 saturated carbocycles. The summed E-state index contributed by atoms with van der Waals surface area (Å²) in [5.41, 5.74) is 0.883. The lowest BCUT2D eigenvalue weighted by molar-refractivity contribution is -0.169. The van der Waals surface area contributed by atoms with Crippen molar-refractivity contribution in [2.45, 2.75) is 45.4 Å². The van der Waals surface area contributed by atoms with E-state index in [0.717, 1.165) is 10.6 Å². The predicted molar refractivity (Wildman–Crippen MR) is 85.2 cm³/mol. The minimum absolute atomic E-state index is 0.204. The van der Waals surface area contributed by atoms with Crippen molar-refractivity contribution in [3.05, 3.63) is 35.9 Å². The molecule has 1 aliphatic heterocycles. The van der Waals surface area contributed by atoms with Gasteiger partial charge in [0, 0.05) is 7.05 Å². The van der Waals surface area contributed by atoms with Crippen molar-refractivity contribution in [2.75, 3.05) is 7.05 Å². The molecule has 6 heteroatoms. The molecular formula is C17H24N2O4. The van der Waals surface area contributed by atoms with Crippen molar-refractivity contribution >= 4 is 12.0 Å². The summed E-state index contributed by atoms with van der Waals surface area (Å²) in [4.78, 5) is 24.9. The van der Waals surface area contributed by atoms with Gasteiger partial charge in [0.05, 0.1) is 18.1 Å². The highest BCUT2D eigenvalue weighted by Crippen LogP contribution is 2.31. The number of ether oxygens (including phenoxy) is 1. The predicted octanol–water partition coefficient (Wildman–Crippen LogP) is 2.35. The number of aliphatic hydroxyl groups is 1. The highest BCUT2D eigenvalue weighted by atomic mass is 16.6. The minimum Gasteiger partial charge on any atom is -0.438 e. The Balaban J connectivity index is 2.21. The Kier molecular flexibility index (Phi) is 5.38. The van der Waals surface area contributed by atoms with Gasteiger partial charge in [-0.1, -0.05) is 44.2 Å². The van der Waals surface area contributed by atoms with Crippen molar-refractivity contribution < 1.29 is 19.4 Å². The van der Waals surface area contributed by atoms with Gasteiger partial charge in [0.1, 0.15) is 6.10 Å². The summed E-state index contributed by atoms with van der Waals surface area (Å²) in [6.07, 6.45) is -1.49. The fourth-order valence-corrected chi connectivity index (χ4v) is 2.71. The molecule has 0 radical (unpaired) electrons. The van der Waals surface area contributed by atoms with Gasteiger partial charge in [-0.3, -0.25) is 4.79 Å². The van der Waals surface area contributed by atoms with Gasteiger partial charge in [0.2, 0.25) is 0 Å². The van der Waals surface area contributed by atoms with E-state index >= 15 is 0 Å². The van der Waals surface area contributed by atoms with Gasteiger partial charge in [0.25, 0.3) is 5.91 Å². The number of cyclic esters (lactones) is 1. The molecule has 126 valence electrons. The number of hydrogen-bond donors (Lipinski definition) is 1. The number of carbonyl (C=O) groups is 2. The molecule has 6 nitrogen and oxygen atoms in total. The van der Waals surface area contributed by atoms with E-state index in [0.29, 0.717) is 6.42 Å². The molecule has 2 rings (SSSR count). The number of hydrogen-bond acceptors (Lipinski definition) is 5. The number of amides is 2. The maximum absolute atomic E-state index is 12.5. The average molecular weight is 320 g/mol. The first kappa shape index (κ1) is 17.4. The van der Waals surface area contributed by atoms with E-state index in [1.807, 2.05) is 37.3 Å². The third-order valence-electron chi connectivity index (χ3n) is 4.47. The number of imide groups is 1. The maximum atomic E-state index is 12.5. The van der Waals surface area contributed by atoms with Gasteiger partial charge in [-0.05, 0) is 18.9 Å². The van der Waals surface area contributed by atoms with Crippen LogP contribution in [0, 0.1) is 5.92 Å². The second-order valence-electron chi connectivity index (χ2n) is 5.94. The van der Waals surface area contributed by atoms with Crippen LogP contribution in [0.1, 0.15) is 38.9 Å². The number of hydrazine groups is 1. The van der Waals surface area contributed by atoms with Crippen LogP contribution in [0.15, 0.2) is 30.3 Å². The van der Waals surface area contributed by atoms with Gasteiger partial charge in [0.15, 0.2) is 0 Å². The molecule has 0 bridgehead atoms. The molecule has 0 aliphatic carbocycles. The van der Waals surface area contributed by atoms with E-state index in [9.17, 15) is 14.7 Å². The van der Waals surface area contributed by atoms with E-state index in [1.165, 1.54) is 0 Å². The molecule has 0 unspecified atom stereocenters. The number of nitrogens with zero attached hydrogens (tertiary/aromatic N) is 2. The molecule has 1 aromatic carbocycles. The zero-order valence-corrected chi connectivity index (χ0v) is 14.0. The maximum Gasteiger partial charge on any atom is 0.432 e. The summed E-state index contributed by atoms with van der Waals surface area (Å²) in [6, 6.07) is 9.24. The molecule has 0 spiro atoms. The van der Waals surface area contributed by atoms with E-state index in [1.54, 1.807) is 25.9 Å². The molecule has 1 aliphatic rings. The van der Waals surface area contributed by atoms with Crippen LogP contribution >= 0.6 is 0 Å². The van der Waals surface area contributed by atoms with Crippen molar-refractivity contribution in [3.63, 3.8) is 0 Å². The number of carbonyl (C=O) groups excluding carboxylic acids is 2. The first-order chi connectivity index (χ1) is 10.9. The van der Waals surface area contributed by atoms with Crippen LogP contribution in [0.4, 0.5) is 4.79 Å². The zero-order valence-electron chi connectivity index (χ0n) is 14.0. The van der Waals surface area contributed by atoms with Crippen LogP contribution in [-0.4, -0.2) is 46.3 Å². The molecule has 0 aromatic heterocycles. The summed E-state index contributed by atoms with van der Waals surface area (Å²) in [6.45, 7) is 5.30. The second-order valence-corrected chi connectivity index (χ2v) is 5.94. The van der Waals surface area contributed by atoms with Gasteiger partial charge in [-0.25, -0.2) is 9.80 Å². The van der Waals surface area contributed by atoms with Crippen molar-refractivity contribution in [1.29, 1.82) is 0 Å². The van der Waals surface area contributed by atoms with Crippen molar-refractivity contribution in [1.82, 2.24) is 10.0 Å². The Morgan fingerprint density at radius 3 is 2.52 bits per heavy atom. The summed E-state index contributed by atoms with van der Waals surface area (Å²) in [5.74, 6) is -1.12. The fourth-order valence-electron chi connectivity index (χ4n) is 2.71. The number of aliphatic hydroxyl groups excluding tert-OH is 1. The van der Waals surface area contributed by atoms with Crippen LogP contribution in [-0.2, 0) is 9.53 Å². The van der Waals surface area contributed by atoms with Gasteiger partial charge >= 0.3 is 6.09 Å². The van der Waals surface area contributed by atoms with Crippen LogP contribution in [0.3, 0.4) is 0 Å². The largest absolute Gasteiger partial charge is 0.438 e. The fraction of sp³-hybridized carbons (Fsp3) is 0.529. The lowest BCUT2D eigenvalue weighted by Gasteiger charge is -2.43. The first-order valence-corrected chi connectivity index (χ1v) is 7.88. The summed E-state index contributed by atoms with van der Waals surface area (Å²) < 4.78 is 5.50. The van der Waals surface area contributed by atoms with Crippen LogP contribution < -0.4 is 0 Å². The number of likely N-dealkylation sites (N-methyl/N-ethyl adjacent to an activating group) is 1. The Morgan fingerprint density at radius 2 is 1.96 bits per heavy atom. The average Bonchev–Trinajstić information content (AvgIpc) is 2.57. The van der Waals surface area contributed by atoms with E-state index in [4.69, 9.17) is 4.74 Å². The van der Waals surface area contributed by atoms with Crippen molar-refractivity contribution in [3.8, 4) is 0 Å². The highest BCUT2D eigenvalue weighted by Gasteiger charge is 2.43. The Morgan fingerprint density at radius 1 is 1.35 bits per heavy atom. The molecular weight excluding hydrogens is 296 g/mol. The molecule has 23 heavy (non-hydrogen) atoms. The van der Waals surface area contributed by atoms with Gasteiger partial charge in [-0.15, -0.1) is 0 Å². The minimum atomic E-state index is -0.786. The molecule has 4 atom stereocenters. The standard InChI is InChI=1S/C17H24N2O4/c1-5-14(20)11(2)16(21)19-17(22)23-15(12(3)18(19)4)13-9-7-6-8-10-13/h6-12,14-15,20H,5H2,1-4H3/t11-,12-,14+,15-/m0/s1. The molecule has 1 saturated heterocycles. The number of rotatable bonds is 4. The Bertz CT molecular complexity index is 563. The summed E-state index contributed by atoms with van der Waals surface area (Å²) in [7, 11) is 1.68. The highest BCUT2D eigenvalue weighted by molar-refractivity contribution is 5.93. The molecule has 1 N–H and O–H groups in total. The lowest BCUT2D eigenvalue weighted by Crippen LogP contribution is -2.60. The lowest BCUT2D eigenvalue weighted by atomic mass is 10.0. The van der Waals surface area contributed by atoms with Crippen LogP contribution in [0.2, 0.25) is 0 Å². The SMILES string of the molecule is CC[C@@H](O)[C@H](C)C(=O)N1C(=O)O[C@H](c2ccccc2)[C@H](C)N1C. The normalized spacial score (nSPS) is 24.9. The van der Waals surface area contributed by atoms with E-state index in [2.05, 4.69) is 0 Å². The molecule has 1 aromatic rings. The van der Waals surface area contributed by atoms with E-state index < -0.39 is 30.1 Å². The van der Waals surface area contributed by atoms with E-state index in [-0.39, 0.29) is 6.04 Å². The Labute approximate surface area is 136 Å². The first-order valence-electron chi connectivity index (χ1n) is 7.88. The third kappa shape index (κ3) is 3.38. The smallest absolute Gasteiger partial charge is 0.432 e. The third-order valence-corrected chi connectivity index (χ3v) is 4.47. The van der Waals surface area contributed by atoms with Gasteiger partial charge < -0.3 is 9.84 Å². The zero-order chi connectivity index (χ0) is 17.1. The molecule has 1 fully saturated rings. The van der Waals surface area contributed by atoms with Crippen LogP contribution in [0.5, 0.6) is 0 Å². The summed E-state index contributed by atoms with van der Waals surface area (Å²) >= 11 is 0. The van der Waals surface area contributed by atoms with Gasteiger partial charge in [-0.2, -0.15) is 5.01 Å².